The van der Waals surface area contributed by atoms with E-state index >= 15 is 0 Å². The number of aromatic nitrogens is 1. The van der Waals surface area contributed by atoms with E-state index in [2.05, 4.69) is 4.98 Å². The van der Waals surface area contributed by atoms with Gasteiger partial charge >= 0.3 is 0 Å². The van der Waals surface area contributed by atoms with E-state index in [0.717, 1.165) is 16.4 Å². The molecule has 1 aromatic heterocycles. The first kappa shape index (κ1) is 12.1. The van der Waals surface area contributed by atoms with Gasteiger partial charge in [0.2, 0.25) is 0 Å². The highest BCUT2D eigenvalue weighted by Crippen LogP contribution is 2.22. The van der Waals surface area contributed by atoms with Gasteiger partial charge in [0.15, 0.2) is 5.13 Å². The fourth-order valence-corrected chi connectivity index (χ4v) is 2.36. The molecule has 3 nitrogen and oxygen atoms in total. The smallest absolute Gasteiger partial charge is 0.184 e. The van der Waals surface area contributed by atoms with E-state index in [1.807, 2.05) is 54.7 Å². The van der Waals surface area contributed by atoms with Gasteiger partial charge in [0.05, 0.1) is 11.8 Å². The van der Waals surface area contributed by atoms with Gasteiger partial charge in [0.1, 0.15) is 0 Å². The summed E-state index contributed by atoms with van der Waals surface area (Å²) in [4.78, 5) is 6.43. The molecule has 0 amide bonds. The van der Waals surface area contributed by atoms with Gasteiger partial charge < -0.3 is 10.0 Å². The number of benzene rings is 1. The number of hydrogen-bond acceptors (Lipinski definition) is 4. The van der Waals surface area contributed by atoms with E-state index in [0.29, 0.717) is 6.42 Å². The first-order chi connectivity index (χ1) is 8.16. The predicted molar refractivity (Wildman–Crippen MR) is 71.5 cm³/mol. The largest absolute Gasteiger partial charge is 0.388 e. The number of thiazole rings is 1. The van der Waals surface area contributed by atoms with Crippen molar-refractivity contribution in [2.24, 2.45) is 0 Å². The molecule has 1 heterocycles. The van der Waals surface area contributed by atoms with Crippen molar-refractivity contribution in [1.29, 1.82) is 0 Å². The zero-order chi connectivity index (χ0) is 12.3. The van der Waals surface area contributed by atoms with Crippen molar-refractivity contribution in [2.75, 3.05) is 19.0 Å². The van der Waals surface area contributed by atoms with Crippen molar-refractivity contribution in [1.82, 2.24) is 4.98 Å². The summed E-state index contributed by atoms with van der Waals surface area (Å²) < 4.78 is 0. The molecule has 0 aliphatic heterocycles. The Bertz CT molecular complexity index is 467. The Morgan fingerprint density at radius 1 is 1.29 bits per heavy atom. The first-order valence-electron chi connectivity index (χ1n) is 5.51. The molecule has 0 bridgehead atoms. The number of aliphatic hydroxyl groups is 1. The summed E-state index contributed by atoms with van der Waals surface area (Å²) in [5.41, 5.74) is 1.88. The van der Waals surface area contributed by atoms with E-state index in [1.54, 1.807) is 11.3 Å². The molecule has 0 saturated carbocycles. The summed E-state index contributed by atoms with van der Waals surface area (Å²) in [5.74, 6) is 0. The van der Waals surface area contributed by atoms with Crippen LogP contribution in [0.5, 0.6) is 0 Å². The standard InChI is InChI=1S/C13H16N2OS/c1-15(2)13-14-11(9-17-13)8-12(16)10-6-4-3-5-7-10/h3-7,9,12,16H,8H2,1-2H3. The minimum absolute atomic E-state index is 0.478. The Labute approximate surface area is 105 Å². The molecule has 0 aliphatic rings. The molecule has 1 atom stereocenters. The fraction of sp³-hybridized carbons (Fsp3) is 0.308. The van der Waals surface area contributed by atoms with Gasteiger partial charge in [-0.1, -0.05) is 30.3 Å². The summed E-state index contributed by atoms with van der Waals surface area (Å²) in [6.45, 7) is 0. The number of rotatable bonds is 4. The number of nitrogens with zero attached hydrogens (tertiary/aromatic N) is 2. The molecule has 1 unspecified atom stereocenters. The molecule has 4 heteroatoms. The Kier molecular flexibility index (Phi) is 3.76. The van der Waals surface area contributed by atoms with Crippen LogP contribution in [0.25, 0.3) is 0 Å². The minimum atomic E-state index is -0.478. The van der Waals surface area contributed by atoms with Gasteiger partial charge in [-0.05, 0) is 5.56 Å². The van der Waals surface area contributed by atoms with Crippen LogP contribution in [0.4, 0.5) is 5.13 Å². The molecule has 0 radical (unpaired) electrons. The molecule has 0 fully saturated rings. The normalized spacial score (nSPS) is 12.4. The highest BCUT2D eigenvalue weighted by molar-refractivity contribution is 7.13. The number of aliphatic hydroxyl groups excluding tert-OH is 1. The summed E-state index contributed by atoms with van der Waals surface area (Å²) in [7, 11) is 3.94. The van der Waals surface area contributed by atoms with E-state index in [-0.39, 0.29) is 0 Å². The number of anilines is 1. The summed E-state index contributed by atoms with van der Waals surface area (Å²) in [5, 5.41) is 13.0. The lowest BCUT2D eigenvalue weighted by molar-refractivity contribution is 0.177. The van der Waals surface area contributed by atoms with Crippen molar-refractivity contribution in [3.05, 3.63) is 47.0 Å². The van der Waals surface area contributed by atoms with Gasteiger partial charge in [0, 0.05) is 25.9 Å². The molecule has 2 rings (SSSR count). The van der Waals surface area contributed by atoms with E-state index < -0.39 is 6.10 Å². The zero-order valence-corrected chi connectivity index (χ0v) is 10.8. The Hall–Kier alpha value is -1.39. The zero-order valence-electron chi connectivity index (χ0n) is 10.00. The Balaban J connectivity index is 2.05. The highest BCUT2D eigenvalue weighted by Gasteiger charge is 2.11. The SMILES string of the molecule is CN(C)c1nc(CC(O)c2ccccc2)cs1. The van der Waals surface area contributed by atoms with Crippen LogP contribution in [-0.4, -0.2) is 24.2 Å². The lowest BCUT2D eigenvalue weighted by Gasteiger charge is -2.09. The van der Waals surface area contributed by atoms with Crippen LogP contribution >= 0.6 is 11.3 Å². The third-order valence-electron chi connectivity index (χ3n) is 2.51. The second kappa shape index (κ2) is 5.29. The lowest BCUT2D eigenvalue weighted by Crippen LogP contribution is -2.08. The quantitative estimate of drug-likeness (QED) is 0.903. The molecule has 1 aromatic carbocycles. The molecule has 0 aliphatic carbocycles. The predicted octanol–water partition coefficient (Wildman–Crippen LogP) is 2.49. The molecule has 17 heavy (non-hydrogen) atoms. The molecule has 1 N–H and O–H groups in total. The van der Waals surface area contributed by atoms with Gasteiger partial charge in [-0.25, -0.2) is 4.98 Å². The average Bonchev–Trinajstić information content (AvgIpc) is 2.79. The first-order valence-corrected chi connectivity index (χ1v) is 6.39. The maximum atomic E-state index is 10.1. The third kappa shape index (κ3) is 3.05. The van der Waals surface area contributed by atoms with Crippen LogP contribution in [-0.2, 0) is 6.42 Å². The second-order valence-electron chi connectivity index (χ2n) is 4.15. The molecule has 90 valence electrons. The topological polar surface area (TPSA) is 36.4 Å². The molecule has 2 aromatic rings. The monoisotopic (exact) mass is 248 g/mol. The van der Waals surface area contributed by atoms with E-state index in [9.17, 15) is 5.11 Å². The molecular weight excluding hydrogens is 232 g/mol. The fourth-order valence-electron chi connectivity index (χ4n) is 1.59. The van der Waals surface area contributed by atoms with Gasteiger partial charge in [-0.15, -0.1) is 11.3 Å². The van der Waals surface area contributed by atoms with Crippen LogP contribution in [0.3, 0.4) is 0 Å². The van der Waals surface area contributed by atoms with E-state index in [4.69, 9.17) is 0 Å². The third-order valence-corrected chi connectivity index (χ3v) is 3.57. The summed E-state index contributed by atoms with van der Waals surface area (Å²) >= 11 is 1.60. The maximum Gasteiger partial charge on any atom is 0.184 e. The highest BCUT2D eigenvalue weighted by atomic mass is 32.1. The molecular formula is C13H16N2OS. The van der Waals surface area contributed by atoms with Crippen molar-refractivity contribution in [2.45, 2.75) is 12.5 Å². The van der Waals surface area contributed by atoms with Crippen molar-refractivity contribution in [3.63, 3.8) is 0 Å². The van der Waals surface area contributed by atoms with Crippen LogP contribution in [0.15, 0.2) is 35.7 Å². The van der Waals surface area contributed by atoms with Crippen molar-refractivity contribution >= 4 is 16.5 Å². The van der Waals surface area contributed by atoms with Crippen LogP contribution < -0.4 is 4.90 Å². The van der Waals surface area contributed by atoms with Crippen molar-refractivity contribution in [3.8, 4) is 0 Å². The molecule has 0 spiro atoms. The molecule has 0 saturated heterocycles. The number of hydrogen-bond donors (Lipinski definition) is 1. The van der Waals surface area contributed by atoms with E-state index in [1.165, 1.54) is 0 Å². The lowest BCUT2D eigenvalue weighted by atomic mass is 10.1. The van der Waals surface area contributed by atoms with Crippen LogP contribution in [0.1, 0.15) is 17.4 Å². The summed E-state index contributed by atoms with van der Waals surface area (Å²) in [6, 6.07) is 9.69. The minimum Gasteiger partial charge on any atom is -0.388 e. The average molecular weight is 248 g/mol. The van der Waals surface area contributed by atoms with Crippen LogP contribution in [0, 0.1) is 0 Å². The summed E-state index contributed by atoms with van der Waals surface area (Å²) in [6.07, 6.45) is 0.0854. The van der Waals surface area contributed by atoms with Gasteiger partial charge in [-0.3, -0.25) is 0 Å². The van der Waals surface area contributed by atoms with Crippen LogP contribution in [0.2, 0.25) is 0 Å². The second-order valence-corrected chi connectivity index (χ2v) is 4.98. The van der Waals surface area contributed by atoms with Gasteiger partial charge in [0.25, 0.3) is 0 Å². The van der Waals surface area contributed by atoms with Gasteiger partial charge in [-0.2, -0.15) is 0 Å². The Morgan fingerprint density at radius 2 is 2.00 bits per heavy atom. The maximum absolute atomic E-state index is 10.1. The Morgan fingerprint density at radius 3 is 2.59 bits per heavy atom. The van der Waals surface area contributed by atoms with Crippen molar-refractivity contribution < 1.29 is 5.11 Å².